The Labute approximate surface area is 148 Å². The average molecular weight is 346 g/mol. The topological polar surface area (TPSA) is 67.9 Å². The molecule has 2 heterocycles. The smallest absolute Gasteiger partial charge is 0.225 e. The van der Waals surface area contributed by atoms with Crippen molar-refractivity contribution in [3.8, 4) is 5.75 Å². The van der Waals surface area contributed by atoms with Crippen molar-refractivity contribution in [3.63, 3.8) is 0 Å². The van der Waals surface area contributed by atoms with Crippen molar-refractivity contribution in [1.82, 2.24) is 10.2 Å². The number of nitrogens with zero attached hydrogens (tertiary/aromatic N) is 1. The number of methoxy groups -OCH3 is 1. The van der Waals surface area contributed by atoms with Crippen LogP contribution in [0.3, 0.4) is 0 Å². The lowest BCUT2D eigenvalue weighted by atomic mass is 9.84. The third-order valence-corrected chi connectivity index (χ3v) is 5.18. The van der Waals surface area contributed by atoms with Gasteiger partial charge in [-0.25, -0.2) is 0 Å². The number of carbonyl (C=O) groups is 2. The van der Waals surface area contributed by atoms with Gasteiger partial charge in [0, 0.05) is 26.6 Å². The molecular formula is C19H26N2O4. The van der Waals surface area contributed by atoms with Gasteiger partial charge in [-0.1, -0.05) is 12.1 Å². The lowest BCUT2D eigenvalue weighted by Gasteiger charge is -2.38. The van der Waals surface area contributed by atoms with E-state index in [-0.39, 0.29) is 29.9 Å². The number of rotatable bonds is 5. The van der Waals surface area contributed by atoms with Crippen LogP contribution in [0.25, 0.3) is 0 Å². The first-order valence-electron chi connectivity index (χ1n) is 8.89. The second-order valence-corrected chi connectivity index (χ2v) is 6.75. The van der Waals surface area contributed by atoms with E-state index in [2.05, 4.69) is 5.32 Å². The van der Waals surface area contributed by atoms with Gasteiger partial charge in [0.25, 0.3) is 0 Å². The van der Waals surface area contributed by atoms with Gasteiger partial charge in [0.15, 0.2) is 0 Å². The summed E-state index contributed by atoms with van der Waals surface area (Å²) in [6, 6.07) is 7.34. The first-order chi connectivity index (χ1) is 12.1. The first-order valence-corrected chi connectivity index (χ1v) is 8.89. The summed E-state index contributed by atoms with van der Waals surface area (Å²) in [7, 11) is 3.39. The van der Waals surface area contributed by atoms with Crippen LogP contribution in [-0.2, 0) is 14.3 Å². The number of hydrogen-bond acceptors (Lipinski definition) is 4. The molecule has 0 aliphatic carbocycles. The minimum absolute atomic E-state index is 0.00401. The zero-order valence-corrected chi connectivity index (χ0v) is 14.9. The zero-order valence-electron chi connectivity index (χ0n) is 14.9. The van der Waals surface area contributed by atoms with Crippen LogP contribution in [0, 0.1) is 5.92 Å². The van der Waals surface area contributed by atoms with E-state index in [4.69, 9.17) is 9.47 Å². The Kier molecular flexibility index (Phi) is 5.58. The first kappa shape index (κ1) is 17.7. The van der Waals surface area contributed by atoms with Gasteiger partial charge in [-0.05, 0) is 37.0 Å². The molecule has 2 saturated heterocycles. The van der Waals surface area contributed by atoms with E-state index in [0.717, 1.165) is 30.8 Å². The number of carbonyl (C=O) groups excluding carboxylic acids is 2. The number of likely N-dealkylation sites (tertiary alicyclic amines) is 1. The van der Waals surface area contributed by atoms with Gasteiger partial charge in [-0.2, -0.15) is 0 Å². The molecule has 2 amide bonds. The van der Waals surface area contributed by atoms with E-state index >= 15 is 0 Å². The Hall–Kier alpha value is -2.08. The summed E-state index contributed by atoms with van der Waals surface area (Å²) in [5, 5.41) is 3.03. The second kappa shape index (κ2) is 7.87. The number of hydrogen-bond donors (Lipinski definition) is 1. The Morgan fingerprint density at radius 3 is 2.72 bits per heavy atom. The van der Waals surface area contributed by atoms with Crippen LogP contribution < -0.4 is 10.1 Å². The highest BCUT2D eigenvalue weighted by Crippen LogP contribution is 2.36. The Morgan fingerprint density at radius 1 is 1.32 bits per heavy atom. The molecule has 1 aromatic carbocycles. The second-order valence-electron chi connectivity index (χ2n) is 6.75. The molecule has 0 bridgehead atoms. The lowest BCUT2D eigenvalue weighted by molar-refractivity contribution is -0.141. The molecule has 25 heavy (non-hydrogen) atoms. The van der Waals surface area contributed by atoms with Gasteiger partial charge in [-0.3, -0.25) is 9.59 Å². The Morgan fingerprint density at radius 2 is 2.08 bits per heavy atom. The van der Waals surface area contributed by atoms with Gasteiger partial charge >= 0.3 is 0 Å². The molecule has 1 N–H and O–H groups in total. The average Bonchev–Trinajstić information content (AvgIpc) is 3.15. The van der Waals surface area contributed by atoms with Crippen LogP contribution in [0.15, 0.2) is 24.3 Å². The molecule has 0 aromatic heterocycles. The van der Waals surface area contributed by atoms with Crippen LogP contribution in [0.1, 0.15) is 37.3 Å². The van der Waals surface area contributed by atoms with E-state index in [1.165, 1.54) is 0 Å². The molecule has 0 saturated carbocycles. The molecule has 2 aliphatic rings. The minimum atomic E-state index is -0.253. The number of nitrogens with one attached hydrogen (secondary N) is 1. The summed E-state index contributed by atoms with van der Waals surface area (Å²) >= 11 is 0. The van der Waals surface area contributed by atoms with E-state index in [0.29, 0.717) is 19.4 Å². The largest absolute Gasteiger partial charge is 0.497 e. The van der Waals surface area contributed by atoms with Crippen molar-refractivity contribution in [2.45, 2.75) is 37.8 Å². The van der Waals surface area contributed by atoms with Crippen molar-refractivity contribution in [2.24, 2.45) is 5.92 Å². The fourth-order valence-corrected chi connectivity index (χ4v) is 3.72. The molecule has 0 radical (unpaired) electrons. The summed E-state index contributed by atoms with van der Waals surface area (Å²) in [6.45, 7) is 1.32. The Bertz CT molecular complexity index is 610. The summed E-state index contributed by atoms with van der Waals surface area (Å²) < 4.78 is 10.8. The van der Waals surface area contributed by atoms with E-state index < -0.39 is 0 Å². The quantitative estimate of drug-likeness (QED) is 0.884. The van der Waals surface area contributed by atoms with Crippen LogP contribution in [-0.4, -0.2) is 50.1 Å². The standard InChI is InChI=1S/C19H26N2O4/c1-21-17(22)10-9-16(19(23)20-12-15-4-3-11-25-15)18(21)13-5-7-14(24-2)8-6-13/h5-8,15-16,18H,3-4,9-12H2,1-2H3,(H,20,23). The molecule has 6 nitrogen and oxygen atoms in total. The minimum Gasteiger partial charge on any atom is -0.497 e. The molecule has 136 valence electrons. The lowest BCUT2D eigenvalue weighted by Crippen LogP contribution is -2.47. The fourth-order valence-electron chi connectivity index (χ4n) is 3.72. The molecule has 2 fully saturated rings. The third kappa shape index (κ3) is 3.95. The molecule has 3 unspecified atom stereocenters. The number of piperidine rings is 1. The predicted octanol–water partition coefficient (Wildman–Crippen LogP) is 1.90. The van der Waals surface area contributed by atoms with E-state index in [9.17, 15) is 9.59 Å². The normalized spacial score (nSPS) is 26.6. The monoisotopic (exact) mass is 346 g/mol. The molecule has 0 spiro atoms. The predicted molar refractivity (Wildman–Crippen MR) is 93.2 cm³/mol. The number of ether oxygens (including phenoxy) is 2. The van der Waals surface area contributed by atoms with Gasteiger partial charge in [0.1, 0.15) is 5.75 Å². The molecule has 1 aromatic rings. The van der Waals surface area contributed by atoms with Crippen molar-refractivity contribution >= 4 is 11.8 Å². The highest BCUT2D eigenvalue weighted by Gasteiger charge is 2.39. The highest BCUT2D eigenvalue weighted by atomic mass is 16.5. The van der Waals surface area contributed by atoms with Crippen molar-refractivity contribution in [3.05, 3.63) is 29.8 Å². The van der Waals surface area contributed by atoms with Gasteiger partial charge in [0.2, 0.25) is 11.8 Å². The summed E-state index contributed by atoms with van der Waals surface area (Å²) in [4.78, 5) is 26.7. The van der Waals surface area contributed by atoms with Crippen molar-refractivity contribution < 1.29 is 19.1 Å². The maximum absolute atomic E-state index is 12.8. The third-order valence-electron chi connectivity index (χ3n) is 5.18. The Balaban J connectivity index is 1.74. The van der Waals surface area contributed by atoms with Crippen LogP contribution in [0.4, 0.5) is 0 Å². The molecule has 2 aliphatic heterocycles. The summed E-state index contributed by atoms with van der Waals surface area (Å²) in [5.74, 6) is 0.574. The van der Waals surface area contributed by atoms with Gasteiger partial charge in [0.05, 0.1) is 25.2 Å². The van der Waals surface area contributed by atoms with Gasteiger partial charge < -0.3 is 19.7 Å². The molecular weight excluding hydrogens is 320 g/mol. The summed E-state index contributed by atoms with van der Waals surface area (Å²) in [6.07, 6.45) is 3.13. The zero-order chi connectivity index (χ0) is 17.8. The fraction of sp³-hybridized carbons (Fsp3) is 0.579. The maximum atomic E-state index is 12.8. The van der Waals surface area contributed by atoms with E-state index in [1.54, 1.807) is 19.1 Å². The van der Waals surface area contributed by atoms with E-state index in [1.807, 2.05) is 24.3 Å². The van der Waals surface area contributed by atoms with Crippen LogP contribution in [0.2, 0.25) is 0 Å². The SMILES string of the molecule is COc1ccc(C2C(C(=O)NCC3CCCO3)CCC(=O)N2C)cc1. The van der Waals surface area contributed by atoms with Crippen molar-refractivity contribution in [2.75, 3.05) is 27.3 Å². The molecule has 6 heteroatoms. The molecule has 3 rings (SSSR count). The maximum Gasteiger partial charge on any atom is 0.225 e. The summed E-state index contributed by atoms with van der Waals surface area (Å²) in [5.41, 5.74) is 0.952. The number of benzene rings is 1. The highest BCUT2D eigenvalue weighted by molar-refractivity contribution is 5.84. The van der Waals surface area contributed by atoms with Crippen LogP contribution in [0.5, 0.6) is 5.75 Å². The van der Waals surface area contributed by atoms with Crippen LogP contribution >= 0.6 is 0 Å². The molecule has 3 atom stereocenters. The number of amides is 2. The van der Waals surface area contributed by atoms with Gasteiger partial charge in [-0.15, -0.1) is 0 Å². The van der Waals surface area contributed by atoms with Crippen molar-refractivity contribution in [1.29, 1.82) is 0 Å².